The van der Waals surface area contributed by atoms with Crippen LogP contribution >= 0.6 is 24.2 Å². The molecule has 0 atom stereocenters. The Balaban J connectivity index is 2.10. The van der Waals surface area contributed by atoms with Crippen LogP contribution in [0.3, 0.4) is 0 Å². The lowest BCUT2D eigenvalue weighted by atomic mass is 9.92. The summed E-state index contributed by atoms with van der Waals surface area (Å²) in [5, 5.41) is 3.21. The van der Waals surface area contributed by atoms with Crippen LogP contribution in [0.1, 0.15) is 17.5 Å². The summed E-state index contributed by atoms with van der Waals surface area (Å²) in [7, 11) is 1.70. The molecular weight excluding hydrogens is 367 g/mol. The van der Waals surface area contributed by atoms with Crippen molar-refractivity contribution in [3.63, 3.8) is 0 Å². The second-order valence-corrected chi connectivity index (χ2v) is 6.67. The molecule has 0 fully saturated rings. The summed E-state index contributed by atoms with van der Waals surface area (Å²) >= 11 is 10.6. The van der Waals surface area contributed by atoms with Gasteiger partial charge in [0.2, 0.25) is 0 Å². The summed E-state index contributed by atoms with van der Waals surface area (Å²) in [6.07, 6.45) is 10.5. The van der Waals surface area contributed by atoms with Gasteiger partial charge in [-0.15, -0.1) is 12.6 Å². The van der Waals surface area contributed by atoms with Crippen LogP contribution in [0.15, 0.2) is 70.6 Å². The monoisotopic (exact) mass is 384 g/mol. The predicted molar refractivity (Wildman–Crippen MR) is 113 cm³/mol. The maximum absolute atomic E-state index is 13.6. The smallest absolute Gasteiger partial charge is 0.141 e. The number of nitrogens with one attached hydrogen (secondary N) is 1. The van der Waals surface area contributed by atoms with Crippen molar-refractivity contribution < 1.29 is 4.39 Å². The zero-order valence-electron chi connectivity index (χ0n) is 14.2. The third kappa shape index (κ3) is 4.09. The van der Waals surface area contributed by atoms with Crippen LogP contribution in [0, 0.1) is 5.82 Å². The van der Waals surface area contributed by atoms with Gasteiger partial charge in [-0.1, -0.05) is 48.0 Å². The molecule has 1 aliphatic rings. The molecule has 5 heteroatoms. The largest absolute Gasteiger partial charge is 0.346 e. The first-order valence-corrected chi connectivity index (χ1v) is 8.95. The summed E-state index contributed by atoms with van der Waals surface area (Å²) in [4.78, 5) is 4.74. The molecular formula is C21H18ClFN2S. The van der Waals surface area contributed by atoms with E-state index in [2.05, 4.69) is 35.1 Å². The highest BCUT2D eigenvalue weighted by Gasteiger charge is 2.13. The number of benzene rings is 2. The molecule has 1 N–H and O–H groups in total. The number of hydrogen-bond donors (Lipinski definition) is 2. The van der Waals surface area contributed by atoms with E-state index in [1.165, 1.54) is 6.07 Å². The van der Waals surface area contributed by atoms with Gasteiger partial charge in [0.1, 0.15) is 5.82 Å². The Morgan fingerprint density at radius 3 is 2.69 bits per heavy atom. The van der Waals surface area contributed by atoms with Crippen molar-refractivity contribution in [2.75, 3.05) is 12.4 Å². The molecule has 0 heterocycles. The topological polar surface area (TPSA) is 24.4 Å². The second-order valence-electron chi connectivity index (χ2n) is 5.78. The van der Waals surface area contributed by atoms with Crippen LogP contribution < -0.4 is 5.32 Å². The van der Waals surface area contributed by atoms with E-state index in [0.29, 0.717) is 0 Å². The van der Waals surface area contributed by atoms with Crippen molar-refractivity contribution in [2.45, 2.75) is 11.3 Å². The molecule has 0 unspecified atom stereocenters. The lowest BCUT2D eigenvalue weighted by Crippen LogP contribution is -1.97. The number of halogens is 2. The molecule has 2 aromatic rings. The summed E-state index contributed by atoms with van der Waals surface area (Å²) < 4.78 is 13.6. The van der Waals surface area contributed by atoms with Gasteiger partial charge in [-0.3, -0.25) is 4.99 Å². The van der Waals surface area contributed by atoms with Crippen molar-refractivity contribution in [3.05, 3.63) is 82.7 Å². The maximum Gasteiger partial charge on any atom is 0.141 e. The molecule has 2 aromatic carbocycles. The molecule has 26 heavy (non-hydrogen) atoms. The van der Waals surface area contributed by atoms with E-state index < -0.39 is 5.82 Å². The van der Waals surface area contributed by atoms with Gasteiger partial charge in [-0.25, -0.2) is 4.39 Å². The minimum Gasteiger partial charge on any atom is -0.346 e. The van der Waals surface area contributed by atoms with Crippen molar-refractivity contribution in [2.24, 2.45) is 4.99 Å². The lowest BCUT2D eigenvalue weighted by molar-refractivity contribution is 0.628. The van der Waals surface area contributed by atoms with Gasteiger partial charge in [-0.05, 0) is 53.0 Å². The maximum atomic E-state index is 13.6. The minimum absolute atomic E-state index is 0.125. The fraction of sp³-hybridized carbons (Fsp3) is 0.0952. The van der Waals surface area contributed by atoms with Gasteiger partial charge < -0.3 is 5.32 Å². The van der Waals surface area contributed by atoms with E-state index in [1.807, 2.05) is 30.4 Å². The highest BCUT2D eigenvalue weighted by atomic mass is 35.5. The highest BCUT2D eigenvalue weighted by molar-refractivity contribution is 7.80. The summed E-state index contributed by atoms with van der Waals surface area (Å²) in [6, 6.07) is 10.8. The van der Waals surface area contributed by atoms with Crippen molar-refractivity contribution in [3.8, 4) is 0 Å². The first-order valence-electron chi connectivity index (χ1n) is 8.12. The molecule has 2 nitrogen and oxygen atoms in total. The standard InChI is InChI=1S/C21H18ClFN2S/c1-24-13-25-20-10-8-15(12-21(20)26)17-6-4-2-3-5-16(17)14-7-9-19(23)18(22)11-14/h2-4,6-13,26H,5H2,1H3,(H,24,25). The Morgan fingerprint density at radius 2 is 1.96 bits per heavy atom. The SMILES string of the molecule is CN=CNc1ccc(C2=C(c3ccc(F)c(Cl)c3)CC=CC=C2)cc1S. The molecule has 0 amide bonds. The average Bonchev–Trinajstić information content (AvgIpc) is 2.89. The number of anilines is 1. The molecule has 1 aliphatic carbocycles. The molecule has 0 saturated heterocycles. The van der Waals surface area contributed by atoms with Gasteiger partial charge in [0.05, 0.1) is 17.0 Å². The van der Waals surface area contributed by atoms with Gasteiger partial charge in [0, 0.05) is 11.9 Å². The van der Waals surface area contributed by atoms with Crippen LogP contribution in [-0.2, 0) is 0 Å². The molecule has 132 valence electrons. The zero-order valence-corrected chi connectivity index (χ0v) is 15.9. The molecule has 3 rings (SSSR count). The lowest BCUT2D eigenvalue weighted by Gasteiger charge is -2.14. The number of allylic oxidation sites excluding steroid dienone is 6. The molecule has 0 radical (unpaired) electrons. The van der Waals surface area contributed by atoms with E-state index in [4.69, 9.17) is 11.6 Å². The van der Waals surface area contributed by atoms with Crippen LogP contribution in [0.2, 0.25) is 5.02 Å². The third-order valence-electron chi connectivity index (χ3n) is 4.08. The van der Waals surface area contributed by atoms with E-state index in [0.717, 1.165) is 39.3 Å². The van der Waals surface area contributed by atoms with E-state index in [1.54, 1.807) is 25.5 Å². The first kappa shape index (κ1) is 18.5. The Bertz CT molecular complexity index is 945. The molecule has 0 saturated carbocycles. The normalized spacial score (nSPS) is 14.2. The molecule has 0 spiro atoms. The zero-order chi connectivity index (χ0) is 18.5. The Labute approximate surface area is 163 Å². The number of hydrogen-bond acceptors (Lipinski definition) is 2. The van der Waals surface area contributed by atoms with Crippen LogP contribution in [0.5, 0.6) is 0 Å². The Hall–Kier alpha value is -2.30. The second kappa shape index (κ2) is 8.39. The van der Waals surface area contributed by atoms with Gasteiger partial charge in [-0.2, -0.15) is 0 Å². The number of aliphatic imine (C=N–C) groups is 1. The summed E-state index contributed by atoms with van der Waals surface area (Å²) in [6.45, 7) is 0. The quantitative estimate of drug-likeness (QED) is 0.362. The fourth-order valence-corrected chi connectivity index (χ4v) is 3.27. The third-order valence-corrected chi connectivity index (χ3v) is 4.74. The molecule has 0 bridgehead atoms. The Kier molecular flexibility index (Phi) is 5.96. The predicted octanol–water partition coefficient (Wildman–Crippen LogP) is 6.26. The highest BCUT2D eigenvalue weighted by Crippen LogP contribution is 2.35. The fourth-order valence-electron chi connectivity index (χ4n) is 2.81. The van der Waals surface area contributed by atoms with Crippen LogP contribution in [-0.4, -0.2) is 13.4 Å². The first-order chi connectivity index (χ1) is 12.6. The molecule has 0 aliphatic heterocycles. The van der Waals surface area contributed by atoms with E-state index in [9.17, 15) is 4.39 Å². The Morgan fingerprint density at radius 1 is 1.15 bits per heavy atom. The summed E-state index contributed by atoms with van der Waals surface area (Å²) in [5.41, 5.74) is 4.96. The van der Waals surface area contributed by atoms with Crippen molar-refractivity contribution in [1.29, 1.82) is 0 Å². The minimum atomic E-state index is -0.414. The van der Waals surface area contributed by atoms with E-state index in [-0.39, 0.29) is 5.02 Å². The van der Waals surface area contributed by atoms with Gasteiger partial charge in [0.25, 0.3) is 0 Å². The number of nitrogens with zero attached hydrogens (tertiary/aromatic N) is 1. The number of rotatable bonds is 4. The van der Waals surface area contributed by atoms with E-state index >= 15 is 0 Å². The summed E-state index contributed by atoms with van der Waals surface area (Å²) in [5.74, 6) is -0.414. The van der Waals surface area contributed by atoms with Crippen molar-refractivity contribution in [1.82, 2.24) is 0 Å². The number of thiol groups is 1. The van der Waals surface area contributed by atoms with Gasteiger partial charge in [0.15, 0.2) is 0 Å². The van der Waals surface area contributed by atoms with Crippen molar-refractivity contribution >= 4 is 47.4 Å². The van der Waals surface area contributed by atoms with Crippen LogP contribution in [0.4, 0.5) is 10.1 Å². The van der Waals surface area contributed by atoms with Gasteiger partial charge >= 0.3 is 0 Å². The average molecular weight is 385 g/mol. The van der Waals surface area contributed by atoms with Crippen LogP contribution in [0.25, 0.3) is 11.1 Å². The molecule has 0 aromatic heterocycles.